The summed E-state index contributed by atoms with van der Waals surface area (Å²) in [4.78, 5) is 5.36. The molecule has 0 unspecified atom stereocenters. The van der Waals surface area contributed by atoms with Gasteiger partial charge in [-0.2, -0.15) is 0 Å². The van der Waals surface area contributed by atoms with Crippen LogP contribution in [0.4, 0.5) is 0 Å². The maximum Gasteiger partial charge on any atom is 0.118 e. The van der Waals surface area contributed by atoms with E-state index >= 15 is 0 Å². The maximum atomic E-state index is 5.29. The van der Waals surface area contributed by atoms with E-state index in [0.717, 1.165) is 24.3 Å². The predicted molar refractivity (Wildman–Crippen MR) is 111 cm³/mol. The summed E-state index contributed by atoms with van der Waals surface area (Å²) in [5.41, 5.74) is 2.92. The van der Waals surface area contributed by atoms with Crippen LogP contribution in [0.2, 0.25) is 0 Å². The Morgan fingerprint density at radius 1 is 0.815 bits per heavy atom. The number of hydrogen-bond acceptors (Lipinski definition) is 3. The highest BCUT2D eigenvalue weighted by atomic mass is 16.5. The van der Waals surface area contributed by atoms with Crippen LogP contribution in [-0.4, -0.2) is 49.1 Å². The molecule has 2 fully saturated rings. The zero-order valence-electron chi connectivity index (χ0n) is 16.5. The molecule has 2 aliphatic rings. The predicted octanol–water partition coefficient (Wildman–Crippen LogP) is 4.54. The second-order valence-electron chi connectivity index (χ2n) is 8.08. The molecule has 0 N–H and O–H groups in total. The van der Waals surface area contributed by atoms with Gasteiger partial charge in [0, 0.05) is 38.8 Å². The van der Waals surface area contributed by atoms with Gasteiger partial charge in [-0.25, -0.2) is 0 Å². The lowest BCUT2D eigenvalue weighted by Gasteiger charge is -2.42. The van der Waals surface area contributed by atoms with Crippen molar-refractivity contribution in [1.82, 2.24) is 9.80 Å². The third kappa shape index (κ3) is 4.72. The number of ether oxygens (including phenoxy) is 1. The molecule has 2 aromatic rings. The van der Waals surface area contributed by atoms with Crippen LogP contribution in [0.1, 0.15) is 42.7 Å². The van der Waals surface area contributed by atoms with E-state index in [1.165, 1.54) is 63.0 Å². The summed E-state index contributed by atoms with van der Waals surface area (Å²) in [5, 5.41) is 0. The molecule has 0 radical (unpaired) electrons. The summed E-state index contributed by atoms with van der Waals surface area (Å²) < 4.78 is 5.29. The van der Waals surface area contributed by atoms with Gasteiger partial charge in [-0.1, -0.05) is 42.5 Å². The number of piperazine rings is 1. The zero-order valence-corrected chi connectivity index (χ0v) is 16.5. The Bertz CT molecular complexity index is 684. The van der Waals surface area contributed by atoms with Crippen molar-refractivity contribution in [2.24, 2.45) is 0 Å². The van der Waals surface area contributed by atoms with E-state index in [1.807, 2.05) is 0 Å². The third-order valence-electron chi connectivity index (χ3n) is 6.46. The minimum Gasteiger partial charge on any atom is -0.497 e. The molecule has 2 aromatic carbocycles. The monoisotopic (exact) mass is 364 g/mol. The first kappa shape index (κ1) is 18.5. The molecule has 4 rings (SSSR count). The molecule has 1 saturated carbocycles. The Kier molecular flexibility index (Phi) is 6.10. The van der Waals surface area contributed by atoms with Crippen LogP contribution < -0.4 is 4.74 Å². The Balaban J connectivity index is 1.23. The topological polar surface area (TPSA) is 15.7 Å². The van der Waals surface area contributed by atoms with Crippen molar-refractivity contribution >= 4 is 0 Å². The lowest BCUT2D eigenvalue weighted by atomic mass is 9.81. The van der Waals surface area contributed by atoms with Crippen molar-refractivity contribution in [1.29, 1.82) is 0 Å². The molecule has 0 bridgehead atoms. The summed E-state index contributed by atoms with van der Waals surface area (Å²) in [6.45, 7) is 5.95. The first-order chi connectivity index (χ1) is 13.3. The molecule has 0 atom stereocenters. The largest absolute Gasteiger partial charge is 0.497 e. The first-order valence-corrected chi connectivity index (χ1v) is 10.5. The van der Waals surface area contributed by atoms with E-state index in [-0.39, 0.29) is 0 Å². The van der Waals surface area contributed by atoms with Crippen LogP contribution in [0.15, 0.2) is 54.6 Å². The van der Waals surface area contributed by atoms with E-state index < -0.39 is 0 Å². The number of methoxy groups -OCH3 is 1. The van der Waals surface area contributed by atoms with Gasteiger partial charge in [0.25, 0.3) is 0 Å². The highest BCUT2D eigenvalue weighted by molar-refractivity contribution is 5.29. The van der Waals surface area contributed by atoms with Gasteiger partial charge < -0.3 is 4.74 Å². The molecule has 144 valence electrons. The first-order valence-electron chi connectivity index (χ1n) is 10.5. The van der Waals surface area contributed by atoms with Crippen molar-refractivity contribution in [2.45, 2.75) is 44.2 Å². The quantitative estimate of drug-likeness (QED) is 0.775. The zero-order chi connectivity index (χ0) is 18.5. The molecule has 3 nitrogen and oxygen atoms in total. The lowest BCUT2D eigenvalue weighted by molar-refractivity contribution is 0.0727. The number of hydrogen-bond donors (Lipinski definition) is 0. The maximum absolute atomic E-state index is 5.29. The van der Waals surface area contributed by atoms with Crippen molar-refractivity contribution in [3.05, 3.63) is 65.7 Å². The van der Waals surface area contributed by atoms with Crippen LogP contribution in [0, 0.1) is 0 Å². The molecule has 1 aliphatic heterocycles. The Morgan fingerprint density at radius 3 is 2.11 bits per heavy atom. The molecule has 3 heteroatoms. The molecule has 27 heavy (non-hydrogen) atoms. The average molecular weight is 365 g/mol. The summed E-state index contributed by atoms with van der Waals surface area (Å²) in [5.74, 6) is 1.69. The molecular weight excluding hydrogens is 332 g/mol. The molecule has 1 heterocycles. The van der Waals surface area contributed by atoms with Crippen molar-refractivity contribution < 1.29 is 4.74 Å². The summed E-state index contributed by atoms with van der Waals surface area (Å²) in [6, 6.07) is 20.4. The van der Waals surface area contributed by atoms with Gasteiger partial charge in [-0.05, 0) is 54.9 Å². The smallest absolute Gasteiger partial charge is 0.118 e. The number of benzene rings is 2. The molecule has 1 aliphatic carbocycles. The van der Waals surface area contributed by atoms with Crippen LogP contribution in [-0.2, 0) is 6.54 Å². The van der Waals surface area contributed by atoms with Gasteiger partial charge in [-0.3, -0.25) is 9.80 Å². The number of rotatable bonds is 5. The molecule has 0 aromatic heterocycles. The second kappa shape index (κ2) is 8.90. The van der Waals surface area contributed by atoms with Crippen LogP contribution >= 0.6 is 0 Å². The van der Waals surface area contributed by atoms with Gasteiger partial charge >= 0.3 is 0 Å². The third-order valence-corrected chi connectivity index (χ3v) is 6.46. The van der Waals surface area contributed by atoms with Gasteiger partial charge in [0.05, 0.1) is 7.11 Å². The number of nitrogens with zero attached hydrogens (tertiary/aromatic N) is 2. The fourth-order valence-corrected chi connectivity index (χ4v) is 4.78. The molecule has 1 saturated heterocycles. The normalized spacial score (nSPS) is 24.6. The van der Waals surface area contributed by atoms with Gasteiger partial charge in [0.2, 0.25) is 0 Å². The van der Waals surface area contributed by atoms with E-state index in [4.69, 9.17) is 4.74 Å². The highest BCUT2D eigenvalue weighted by Crippen LogP contribution is 2.35. The van der Waals surface area contributed by atoms with Gasteiger partial charge in [0.15, 0.2) is 0 Å². The van der Waals surface area contributed by atoms with E-state index in [9.17, 15) is 0 Å². The highest BCUT2D eigenvalue weighted by Gasteiger charge is 2.28. The molecular formula is C24H32N2O. The lowest BCUT2D eigenvalue weighted by Crippen LogP contribution is -2.50. The summed E-state index contributed by atoms with van der Waals surface area (Å²) in [6.07, 6.45) is 5.33. The standard InChI is InChI=1S/C24H32N2O/c1-27-24-13-9-22(10-14-24)21-7-11-23(12-8-21)26-17-15-25(16-18-26)19-20-5-3-2-4-6-20/h2-6,9-10,13-14,21,23H,7-8,11-12,15-19H2,1H3. The van der Waals surface area contributed by atoms with Crippen LogP contribution in [0.3, 0.4) is 0 Å². The molecule has 0 spiro atoms. The van der Waals surface area contributed by atoms with E-state index in [0.29, 0.717) is 0 Å². The van der Waals surface area contributed by atoms with Gasteiger partial charge in [-0.15, -0.1) is 0 Å². The van der Waals surface area contributed by atoms with Crippen molar-refractivity contribution in [3.63, 3.8) is 0 Å². The van der Waals surface area contributed by atoms with Crippen LogP contribution in [0.5, 0.6) is 5.75 Å². The minimum atomic E-state index is 0.728. The summed E-state index contributed by atoms with van der Waals surface area (Å²) in [7, 11) is 1.74. The van der Waals surface area contributed by atoms with Crippen molar-refractivity contribution in [3.8, 4) is 5.75 Å². The average Bonchev–Trinajstić information content (AvgIpc) is 2.75. The SMILES string of the molecule is COc1ccc(C2CCC(N3CCN(Cc4ccccc4)CC3)CC2)cc1. The fraction of sp³-hybridized carbons (Fsp3) is 0.500. The summed E-state index contributed by atoms with van der Waals surface area (Å²) >= 11 is 0. The van der Waals surface area contributed by atoms with E-state index in [1.54, 1.807) is 7.11 Å². The van der Waals surface area contributed by atoms with Crippen LogP contribution in [0.25, 0.3) is 0 Å². The Labute approximate surface area is 163 Å². The van der Waals surface area contributed by atoms with Crippen molar-refractivity contribution in [2.75, 3.05) is 33.3 Å². The Morgan fingerprint density at radius 2 is 1.48 bits per heavy atom. The minimum absolute atomic E-state index is 0.728. The second-order valence-corrected chi connectivity index (χ2v) is 8.08. The van der Waals surface area contributed by atoms with E-state index in [2.05, 4.69) is 64.4 Å². The molecule has 0 amide bonds. The fourth-order valence-electron chi connectivity index (χ4n) is 4.78. The Hall–Kier alpha value is -1.84. The van der Waals surface area contributed by atoms with Gasteiger partial charge in [0.1, 0.15) is 5.75 Å².